The number of methoxy groups -OCH3 is 1. The maximum Gasteiger partial charge on any atom is 0.145 e. The molecule has 1 aromatic heterocycles. The summed E-state index contributed by atoms with van der Waals surface area (Å²) in [4.78, 5) is 4.68. The Bertz CT molecular complexity index is 580. The van der Waals surface area contributed by atoms with E-state index in [1.165, 1.54) is 6.42 Å². The highest BCUT2D eigenvalue weighted by Crippen LogP contribution is 2.23. The summed E-state index contributed by atoms with van der Waals surface area (Å²) in [6.45, 7) is 2.55. The summed E-state index contributed by atoms with van der Waals surface area (Å²) < 4.78 is 11.0. The molecular formula is C16H20N2O2. The number of pyridine rings is 1. The molecule has 1 aromatic carbocycles. The Hall–Kier alpha value is -1.65. The highest BCUT2D eigenvalue weighted by molar-refractivity contribution is 5.84. The molecule has 106 valence electrons. The Morgan fingerprint density at radius 3 is 3.10 bits per heavy atom. The number of benzene rings is 1. The fourth-order valence-electron chi connectivity index (χ4n) is 2.59. The maximum atomic E-state index is 5.59. The molecule has 0 amide bonds. The van der Waals surface area contributed by atoms with Crippen LogP contribution in [0.25, 0.3) is 10.9 Å². The molecule has 1 aliphatic heterocycles. The highest BCUT2D eigenvalue weighted by Gasteiger charge is 2.14. The van der Waals surface area contributed by atoms with Gasteiger partial charge in [0, 0.05) is 25.1 Å². The van der Waals surface area contributed by atoms with Gasteiger partial charge in [0.15, 0.2) is 0 Å². The quantitative estimate of drug-likeness (QED) is 0.908. The normalized spacial score (nSPS) is 18.6. The molecule has 0 radical (unpaired) electrons. The number of nitrogens with zero attached hydrogens (tertiary/aromatic N) is 1. The first-order valence-electron chi connectivity index (χ1n) is 7.12. The molecule has 20 heavy (non-hydrogen) atoms. The molecular weight excluding hydrogens is 252 g/mol. The van der Waals surface area contributed by atoms with Gasteiger partial charge in [-0.2, -0.15) is 0 Å². The van der Waals surface area contributed by atoms with E-state index in [2.05, 4.69) is 28.5 Å². The standard InChI is InChI=1S/C16H20N2O2/c1-19-15-6-2-4-12-7-8-13(18-16(12)15)10-17-11-14-5-3-9-20-14/h2,4,6-8,14,17H,3,5,9-11H2,1H3. The molecule has 1 unspecified atom stereocenters. The fraction of sp³-hybridized carbons (Fsp3) is 0.438. The van der Waals surface area contributed by atoms with Crippen LogP contribution in [0, 0.1) is 0 Å². The van der Waals surface area contributed by atoms with Crippen LogP contribution in [0.2, 0.25) is 0 Å². The van der Waals surface area contributed by atoms with Gasteiger partial charge in [0.1, 0.15) is 11.3 Å². The summed E-state index contributed by atoms with van der Waals surface area (Å²) in [7, 11) is 1.68. The van der Waals surface area contributed by atoms with Crippen LogP contribution >= 0.6 is 0 Å². The Morgan fingerprint density at radius 2 is 2.30 bits per heavy atom. The summed E-state index contributed by atoms with van der Waals surface area (Å²) in [5, 5.41) is 4.52. The molecule has 2 aromatic rings. The molecule has 1 fully saturated rings. The first kappa shape index (κ1) is 13.3. The van der Waals surface area contributed by atoms with Crippen molar-refractivity contribution in [1.82, 2.24) is 10.3 Å². The van der Waals surface area contributed by atoms with Gasteiger partial charge in [-0.1, -0.05) is 18.2 Å². The molecule has 0 spiro atoms. The monoisotopic (exact) mass is 272 g/mol. The van der Waals surface area contributed by atoms with E-state index in [4.69, 9.17) is 9.47 Å². The molecule has 4 heteroatoms. The second kappa shape index (κ2) is 6.20. The molecule has 0 bridgehead atoms. The number of fused-ring (bicyclic) bond motifs is 1. The maximum absolute atomic E-state index is 5.59. The Labute approximate surface area is 119 Å². The lowest BCUT2D eigenvalue weighted by Gasteiger charge is -2.11. The molecule has 0 saturated carbocycles. The number of rotatable bonds is 5. The number of hydrogen-bond acceptors (Lipinski definition) is 4. The number of para-hydroxylation sites is 1. The summed E-state index contributed by atoms with van der Waals surface area (Å²) in [5.74, 6) is 0.823. The van der Waals surface area contributed by atoms with Gasteiger partial charge in [-0.05, 0) is 25.0 Å². The van der Waals surface area contributed by atoms with Crippen LogP contribution < -0.4 is 10.1 Å². The first-order valence-corrected chi connectivity index (χ1v) is 7.12. The number of ether oxygens (including phenoxy) is 2. The largest absolute Gasteiger partial charge is 0.494 e. The molecule has 2 heterocycles. The molecule has 1 N–H and O–H groups in total. The van der Waals surface area contributed by atoms with Crippen molar-refractivity contribution in [3.63, 3.8) is 0 Å². The van der Waals surface area contributed by atoms with Gasteiger partial charge >= 0.3 is 0 Å². The SMILES string of the molecule is COc1cccc2ccc(CNCC3CCCO3)nc12. The van der Waals surface area contributed by atoms with E-state index in [1.807, 2.05) is 12.1 Å². The van der Waals surface area contributed by atoms with Crippen LogP contribution in [0.3, 0.4) is 0 Å². The topological polar surface area (TPSA) is 43.4 Å². The van der Waals surface area contributed by atoms with E-state index in [0.29, 0.717) is 6.10 Å². The van der Waals surface area contributed by atoms with Gasteiger partial charge in [-0.25, -0.2) is 4.98 Å². The first-order chi connectivity index (χ1) is 9.86. The number of nitrogens with one attached hydrogen (secondary N) is 1. The van der Waals surface area contributed by atoms with Crippen LogP contribution in [0.1, 0.15) is 18.5 Å². The molecule has 4 nitrogen and oxygen atoms in total. The van der Waals surface area contributed by atoms with E-state index >= 15 is 0 Å². The highest BCUT2D eigenvalue weighted by atomic mass is 16.5. The average Bonchev–Trinajstić information content (AvgIpc) is 3.00. The zero-order valence-corrected chi connectivity index (χ0v) is 11.8. The molecule has 1 saturated heterocycles. The van der Waals surface area contributed by atoms with Gasteiger partial charge in [-0.15, -0.1) is 0 Å². The lowest BCUT2D eigenvalue weighted by atomic mass is 10.2. The fourth-order valence-corrected chi connectivity index (χ4v) is 2.59. The second-order valence-corrected chi connectivity index (χ2v) is 5.10. The lowest BCUT2D eigenvalue weighted by Crippen LogP contribution is -2.26. The van der Waals surface area contributed by atoms with Crippen LogP contribution in [0.5, 0.6) is 5.75 Å². The zero-order chi connectivity index (χ0) is 13.8. The van der Waals surface area contributed by atoms with Gasteiger partial charge in [0.05, 0.1) is 18.9 Å². The molecule has 3 rings (SSSR count). The van der Waals surface area contributed by atoms with E-state index in [0.717, 1.165) is 48.5 Å². The number of aromatic nitrogens is 1. The van der Waals surface area contributed by atoms with E-state index in [1.54, 1.807) is 7.11 Å². The van der Waals surface area contributed by atoms with Crippen LogP contribution in [0.4, 0.5) is 0 Å². The number of hydrogen-bond donors (Lipinski definition) is 1. The Morgan fingerprint density at radius 1 is 1.35 bits per heavy atom. The van der Waals surface area contributed by atoms with Crippen LogP contribution in [0.15, 0.2) is 30.3 Å². The molecule has 0 aliphatic carbocycles. The molecule has 1 atom stereocenters. The van der Waals surface area contributed by atoms with Crippen molar-refractivity contribution in [2.75, 3.05) is 20.3 Å². The smallest absolute Gasteiger partial charge is 0.145 e. The molecule has 1 aliphatic rings. The van der Waals surface area contributed by atoms with E-state index in [-0.39, 0.29) is 0 Å². The minimum Gasteiger partial charge on any atom is -0.494 e. The Kier molecular flexibility index (Phi) is 4.14. The van der Waals surface area contributed by atoms with Crippen molar-refractivity contribution >= 4 is 10.9 Å². The zero-order valence-electron chi connectivity index (χ0n) is 11.8. The predicted octanol–water partition coefficient (Wildman–Crippen LogP) is 2.51. The minimum absolute atomic E-state index is 0.366. The van der Waals surface area contributed by atoms with Gasteiger partial charge in [-0.3, -0.25) is 0 Å². The average molecular weight is 272 g/mol. The van der Waals surface area contributed by atoms with Crippen molar-refractivity contribution in [1.29, 1.82) is 0 Å². The summed E-state index contributed by atoms with van der Waals surface area (Å²) in [6, 6.07) is 10.1. The van der Waals surface area contributed by atoms with Crippen LogP contribution in [-0.4, -0.2) is 31.3 Å². The van der Waals surface area contributed by atoms with Gasteiger partial charge in [0.2, 0.25) is 0 Å². The summed E-state index contributed by atoms with van der Waals surface area (Å²) in [5.41, 5.74) is 1.95. The van der Waals surface area contributed by atoms with E-state index < -0.39 is 0 Å². The Balaban J connectivity index is 1.68. The van der Waals surface area contributed by atoms with Crippen molar-refractivity contribution < 1.29 is 9.47 Å². The van der Waals surface area contributed by atoms with Crippen molar-refractivity contribution in [3.8, 4) is 5.75 Å². The minimum atomic E-state index is 0.366. The van der Waals surface area contributed by atoms with Crippen molar-refractivity contribution in [3.05, 3.63) is 36.0 Å². The van der Waals surface area contributed by atoms with Gasteiger partial charge < -0.3 is 14.8 Å². The predicted molar refractivity (Wildman–Crippen MR) is 79.0 cm³/mol. The van der Waals surface area contributed by atoms with Crippen molar-refractivity contribution in [2.24, 2.45) is 0 Å². The van der Waals surface area contributed by atoms with Crippen LogP contribution in [-0.2, 0) is 11.3 Å². The van der Waals surface area contributed by atoms with Crippen molar-refractivity contribution in [2.45, 2.75) is 25.5 Å². The third-order valence-electron chi connectivity index (χ3n) is 3.66. The lowest BCUT2D eigenvalue weighted by molar-refractivity contribution is 0.110. The third-order valence-corrected chi connectivity index (χ3v) is 3.66. The second-order valence-electron chi connectivity index (χ2n) is 5.10. The third kappa shape index (κ3) is 2.92. The van der Waals surface area contributed by atoms with E-state index in [9.17, 15) is 0 Å². The summed E-state index contributed by atoms with van der Waals surface area (Å²) >= 11 is 0. The van der Waals surface area contributed by atoms with Gasteiger partial charge in [0.25, 0.3) is 0 Å². The summed E-state index contributed by atoms with van der Waals surface area (Å²) in [6.07, 6.45) is 2.70.